The minimum absolute atomic E-state index is 0.0227. The molecular formula is C24H30N2O2. The summed E-state index contributed by atoms with van der Waals surface area (Å²) in [6.45, 7) is 7.30. The van der Waals surface area contributed by atoms with E-state index in [4.69, 9.17) is 4.84 Å². The number of hydrogen-bond donors (Lipinski definition) is 0. The van der Waals surface area contributed by atoms with Crippen LogP contribution in [-0.4, -0.2) is 28.5 Å². The lowest BCUT2D eigenvalue weighted by atomic mass is 9.86. The predicted molar refractivity (Wildman–Crippen MR) is 112 cm³/mol. The fourth-order valence-electron chi connectivity index (χ4n) is 4.76. The second-order valence-corrected chi connectivity index (χ2v) is 8.68. The number of para-hydroxylation sites is 1. The highest BCUT2D eigenvalue weighted by atomic mass is 16.7. The Labute approximate surface area is 168 Å². The Morgan fingerprint density at radius 1 is 1.04 bits per heavy atom. The molecule has 148 valence electrons. The first kappa shape index (κ1) is 19.0. The quantitative estimate of drug-likeness (QED) is 0.724. The molecule has 2 aromatic carbocycles. The average molecular weight is 379 g/mol. The van der Waals surface area contributed by atoms with Crippen molar-refractivity contribution in [1.82, 2.24) is 4.90 Å². The molecule has 0 unspecified atom stereocenters. The zero-order chi connectivity index (χ0) is 19.8. The van der Waals surface area contributed by atoms with Crippen molar-refractivity contribution in [3.63, 3.8) is 0 Å². The van der Waals surface area contributed by atoms with Crippen LogP contribution in [0.5, 0.6) is 0 Å². The number of carbonyl (C=O) groups excluding carboxylic acids is 1. The van der Waals surface area contributed by atoms with Gasteiger partial charge in [0.05, 0.1) is 11.7 Å². The molecule has 2 atom stereocenters. The molecular weight excluding hydrogens is 348 g/mol. The van der Waals surface area contributed by atoms with E-state index in [9.17, 15) is 4.79 Å². The number of rotatable bonds is 5. The van der Waals surface area contributed by atoms with Crippen LogP contribution >= 0.6 is 0 Å². The van der Waals surface area contributed by atoms with Crippen LogP contribution in [0.2, 0.25) is 0 Å². The van der Waals surface area contributed by atoms with Gasteiger partial charge in [-0.3, -0.25) is 9.63 Å². The minimum atomic E-state index is -0.784. The van der Waals surface area contributed by atoms with Crippen LogP contribution < -0.4 is 5.06 Å². The third-order valence-electron chi connectivity index (χ3n) is 6.09. The number of nitrogens with zero attached hydrogens (tertiary/aromatic N) is 2. The third-order valence-corrected chi connectivity index (χ3v) is 6.09. The standard InChI is InChI=1S/C24H30N2O2/c1-4-5-16-25-22(27)24(18-23(25,2)3)17-21(19-12-8-6-9-13-19)26(28-24)20-14-10-7-11-15-20/h6-15,21H,4-5,16-18H2,1-3H3/t21-,24+/m1/s1. The van der Waals surface area contributed by atoms with Crippen LogP contribution in [0.1, 0.15) is 58.1 Å². The number of benzene rings is 2. The molecule has 0 saturated carbocycles. The SMILES string of the molecule is CCCCN1C(=O)[C@]2(C[C@H](c3ccccc3)N(c3ccccc3)O2)CC1(C)C. The number of amides is 1. The van der Waals surface area contributed by atoms with Gasteiger partial charge in [-0.05, 0) is 38.0 Å². The fourth-order valence-corrected chi connectivity index (χ4v) is 4.76. The van der Waals surface area contributed by atoms with E-state index >= 15 is 0 Å². The summed E-state index contributed by atoms with van der Waals surface area (Å²) in [6, 6.07) is 20.5. The Morgan fingerprint density at radius 2 is 1.68 bits per heavy atom. The third kappa shape index (κ3) is 3.20. The van der Waals surface area contributed by atoms with Crippen molar-refractivity contribution >= 4 is 11.6 Å². The molecule has 0 radical (unpaired) electrons. The molecule has 2 heterocycles. The lowest BCUT2D eigenvalue weighted by Gasteiger charge is -2.31. The van der Waals surface area contributed by atoms with Crippen LogP contribution in [-0.2, 0) is 9.63 Å². The largest absolute Gasteiger partial charge is 0.335 e. The van der Waals surface area contributed by atoms with E-state index < -0.39 is 5.60 Å². The molecule has 0 N–H and O–H groups in total. The molecule has 1 spiro atoms. The van der Waals surface area contributed by atoms with E-state index in [1.54, 1.807) is 0 Å². The summed E-state index contributed by atoms with van der Waals surface area (Å²) in [5.74, 6) is 0.144. The van der Waals surface area contributed by atoms with Crippen molar-refractivity contribution in [2.45, 2.75) is 63.6 Å². The second kappa shape index (κ2) is 7.25. The van der Waals surface area contributed by atoms with Gasteiger partial charge in [-0.1, -0.05) is 61.9 Å². The number of carbonyl (C=O) groups is 1. The summed E-state index contributed by atoms with van der Waals surface area (Å²) in [5.41, 5.74) is 1.19. The molecule has 2 saturated heterocycles. The van der Waals surface area contributed by atoms with E-state index in [2.05, 4.69) is 45.0 Å². The first-order valence-corrected chi connectivity index (χ1v) is 10.4. The van der Waals surface area contributed by atoms with Gasteiger partial charge < -0.3 is 4.90 Å². The van der Waals surface area contributed by atoms with Gasteiger partial charge in [0.1, 0.15) is 0 Å². The van der Waals surface area contributed by atoms with Crippen LogP contribution in [0.4, 0.5) is 5.69 Å². The molecule has 0 aromatic heterocycles. The summed E-state index contributed by atoms with van der Waals surface area (Å²) in [7, 11) is 0. The van der Waals surface area contributed by atoms with Gasteiger partial charge in [0.15, 0.2) is 5.60 Å². The maximum absolute atomic E-state index is 13.6. The number of likely N-dealkylation sites (tertiary alicyclic amines) is 1. The summed E-state index contributed by atoms with van der Waals surface area (Å²) in [6.07, 6.45) is 3.50. The van der Waals surface area contributed by atoms with Crippen LogP contribution in [0, 0.1) is 0 Å². The molecule has 0 bridgehead atoms. The van der Waals surface area contributed by atoms with Gasteiger partial charge in [-0.2, -0.15) is 0 Å². The Balaban J connectivity index is 1.71. The number of anilines is 1. The molecule has 1 amide bonds. The van der Waals surface area contributed by atoms with Gasteiger partial charge in [0.25, 0.3) is 5.91 Å². The number of unbranched alkanes of at least 4 members (excludes halogenated alkanes) is 1. The van der Waals surface area contributed by atoms with Gasteiger partial charge >= 0.3 is 0 Å². The van der Waals surface area contributed by atoms with Gasteiger partial charge in [-0.15, -0.1) is 0 Å². The normalized spacial score (nSPS) is 26.4. The van der Waals surface area contributed by atoms with Gasteiger partial charge in [0.2, 0.25) is 0 Å². The molecule has 28 heavy (non-hydrogen) atoms. The smallest absolute Gasteiger partial charge is 0.258 e. The topological polar surface area (TPSA) is 32.8 Å². The summed E-state index contributed by atoms with van der Waals surface area (Å²) in [4.78, 5) is 22.2. The van der Waals surface area contributed by atoms with Crippen LogP contribution in [0.25, 0.3) is 0 Å². The number of hydroxylamine groups is 1. The highest BCUT2D eigenvalue weighted by molar-refractivity contribution is 5.89. The molecule has 2 aliphatic heterocycles. The highest BCUT2D eigenvalue weighted by Crippen LogP contribution is 2.51. The van der Waals surface area contributed by atoms with Crippen molar-refractivity contribution in [2.24, 2.45) is 0 Å². The van der Waals surface area contributed by atoms with E-state index in [1.165, 1.54) is 5.56 Å². The van der Waals surface area contributed by atoms with E-state index in [-0.39, 0.29) is 17.5 Å². The zero-order valence-corrected chi connectivity index (χ0v) is 17.1. The van der Waals surface area contributed by atoms with Crippen molar-refractivity contribution in [3.05, 3.63) is 66.2 Å². The zero-order valence-electron chi connectivity index (χ0n) is 17.1. The first-order valence-electron chi connectivity index (χ1n) is 10.4. The minimum Gasteiger partial charge on any atom is -0.335 e. The predicted octanol–water partition coefficient (Wildman–Crippen LogP) is 5.12. The molecule has 4 nitrogen and oxygen atoms in total. The van der Waals surface area contributed by atoms with E-state index in [1.807, 2.05) is 46.4 Å². The molecule has 2 aromatic rings. The van der Waals surface area contributed by atoms with Crippen molar-refractivity contribution < 1.29 is 9.63 Å². The Hall–Kier alpha value is -2.33. The van der Waals surface area contributed by atoms with E-state index in [0.717, 1.165) is 31.5 Å². The van der Waals surface area contributed by atoms with Crippen molar-refractivity contribution in [3.8, 4) is 0 Å². The van der Waals surface area contributed by atoms with Crippen molar-refractivity contribution in [2.75, 3.05) is 11.6 Å². The first-order chi connectivity index (χ1) is 13.5. The summed E-state index contributed by atoms with van der Waals surface area (Å²) >= 11 is 0. The maximum atomic E-state index is 13.6. The van der Waals surface area contributed by atoms with Gasteiger partial charge in [-0.25, -0.2) is 5.06 Å². The molecule has 4 heteroatoms. The fraction of sp³-hybridized carbons (Fsp3) is 0.458. The lowest BCUT2D eigenvalue weighted by molar-refractivity contribution is -0.146. The summed E-state index contributed by atoms with van der Waals surface area (Å²) in [5, 5.41) is 1.96. The Kier molecular flexibility index (Phi) is 4.92. The highest BCUT2D eigenvalue weighted by Gasteiger charge is 2.62. The van der Waals surface area contributed by atoms with Crippen LogP contribution in [0.15, 0.2) is 60.7 Å². The Bertz CT molecular complexity index is 772. The molecule has 2 aliphatic rings. The average Bonchev–Trinajstić information content (AvgIpc) is 3.17. The number of hydrogen-bond acceptors (Lipinski definition) is 3. The van der Waals surface area contributed by atoms with Crippen molar-refractivity contribution in [1.29, 1.82) is 0 Å². The Morgan fingerprint density at radius 3 is 2.32 bits per heavy atom. The lowest BCUT2D eigenvalue weighted by Crippen LogP contribution is -2.44. The maximum Gasteiger partial charge on any atom is 0.258 e. The summed E-state index contributed by atoms with van der Waals surface area (Å²) < 4.78 is 0. The monoisotopic (exact) mass is 378 g/mol. The molecule has 0 aliphatic carbocycles. The second-order valence-electron chi connectivity index (χ2n) is 8.68. The van der Waals surface area contributed by atoms with E-state index in [0.29, 0.717) is 6.42 Å². The molecule has 2 fully saturated rings. The van der Waals surface area contributed by atoms with Crippen LogP contribution in [0.3, 0.4) is 0 Å². The van der Waals surface area contributed by atoms with Gasteiger partial charge in [0, 0.05) is 24.9 Å². The molecule has 4 rings (SSSR count).